The number of benzene rings is 2. The zero-order chi connectivity index (χ0) is 22.3. The van der Waals surface area contributed by atoms with Crippen LogP contribution in [0.4, 0.5) is 5.00 Å². The van der Waals surface area contributed by atoms with Crippen LogP contribution in [0.15, 0.2) is 60.7 Å². The summed E-state index contributed by atoms with van der Waals surface area (Å²) < 4.78 is 5.68. The molecule has 1 aliphatic rings. The average molecular weight is 450 g/mol. The van der Waals surface area contributed by atoms with Gasteiger partial charge in [-0.25, -0.2) is 0 Å². The van der Waals surface area contributed by atoms with Gasteiger partial charge in [0, 0.05) is 21.6 Å². The van der Waals surface area contributed by atoms with Gasteiger partial charge in [0.1, 0.15) is 16.8 Å². The van der Waals surface area contributed by atoms with Crippen LogP contribution in [0.25, 0.3) is 0 Å². The van der Waals surface area contributed by atoms with Crippen molar-refractivity contribution in [2.45, 2.75) is 45.6 Å². The van der Waals surface area contributed by atoms with Crippen LogP contribution < -0.4 is 15.0 Å². The highest BCUT2D eigenvalue weighted by molar-refractivity contribution is 7.16. The number of rotatable bonds is 8. The molecule has 3 aromatic rings. The van der Waals surface area contributed by atoms with E-state index in [1.165, 1.54) is 35.3 Å². The van der Waals surface area contributed by atoms with E-state index in [1.54, 1.807) is 16.2 Å². The number of nitrogens with one attached hydrogen (secondary N) is 2. The SMILES string of the molecule is CCOc1ccc([C@@H](c2cc(CC)sc2NC(=O)c2ccccc2)[NH+]2CCCCC2)cc1. The Morgan fingerprint density at radius 3 is 2.41 bits per heavy atom. The first-order valence-corrected chi connectivity index (χ1v) is 12.6. The third kappa shape index (κ3) is 5.22. The van der Waals surface area contributed by atoms with Gasteiger partial charge in [0.15, 0.2) is 0 Å². The van der Waals surface area contributed by atoms with Gasteiger partial charge < -0.3 is 15.0 Å². The molecule has 5 heteroatoms. The standard InChI is InChI=1S/C27H32N2O2S/c1-3-23-19-24(27(32-23)28-26(30)21-11-7-5-8-12-21)25(29-17-9-6-10-18-29)20-13-15-22(16-14-20)31-4-2/h5,7-8,11-16,19,25H,3-4,6,9-10,17-18H2,1-2H3,(H,28,30)/p+1/t25-/m0/s1. The lowest BCUT2D eigenvalue weighted by Gasteiger charge is -2.32. The number of quaternary nitrogens is 1. The Hall–Kier alpha value is -2.63. The molecule has 2 N–H and O–H groups in total. The molecule has 1 aliphatic heterocycles. The van der Waals surface area contributed by atoms with E-state index in [9.17, 15) is 4.79 Å². The molecule has 0 aliphatic carbocycles. The van der Waals surface area contributed by atoms with Crippen molar-refractivity contribution in [3.05, 3.63) is 82.2 Å². The van der Waals surface area contributed by atoms with Crippen molar-refractivity contribution in [2.24, 2.45) is 0 Å². The third-order valence-electron chi connectivity index (χ3n) is 6.16. The maximum Gasteiger partial charge on any atom is 0.256 e. The molecule has 32 heavy (non-hydrogen) atoms. The minimum Gasteiger partial charge on any atom is -0.494 e. The maximum absolute atomic E-state index is 13.0. The zero-order valence-electron chi connectivity index (χ0n) is 19.0. The molecule has 1 atom stereocenters. The lowest BCUT2D eigenvalue weighted by atomic mass is 9.95. The summed E-state index contributed by atoms with van der Waals surface area (Å²) in [6.07, 6.45) is 4.77. The van der Waals surface area contributed by atoms with E-state index in [0.29, 0.717) is 12.2 Å². The number of thiophene rings is 1. The van der Waals surface area contributed by atoms with Gasteiger partial charge >= 0.3 is 0 Å². The third-order valence-corrected chi connectivity index (χ3v) is 7.37. The number of carbonyl (C=O) groups excluding carboxylic acids is 1. The molecule has 2 heterocycles. The van der Waals surface area contributed by atoms with E-state index < -0.39 is 0 Å². The van der Waals surface area contributed by atoms with Crippen LogP contribution in [0.5, 0.6) is 5.75 Å². The Labute approximate surface area is 195 Å². The van der Waals surface area contributed by atoms with E-state index in [1.807, 2.05) is 37.3 Å². The maximum atomic E-state index is 13.0. The fourth-order valence-corrected chi connectivity index (χ4v) is 5.59. The van der Waals surface area contributed by atoms with Gasteiger partial charge in [0.05, 0.1) is 19.7 Å². The van der Waals surface area contributed by atoms with Crippen LogP contribution >= 0.6 is 11.3 Å². The molecule has 0 radical (unpaired) electrons. The second kappa shape index (κ2) is 10.8. The summed E-state index contributed by atoms with van der Waals surface area (Å²) in [6, 6.07) is 20.5. The van der Waals surface area contributed by atoms with Crippen molar-refractivity contribution in [1.82, 2.24) is 0 Å². The number of amides is 1. The number of carbonyl (C=O) groups is 1. The van der Waals surface area contributed by atoms with Crippen molar-refractivity contribution in [1.29, 1.82) is 0 Å². The van der Waals surface area contributed by atoms with Crippen LogP contribution in [-0.4, -0.2) is 25.6 Å². The average Bonchev–Trinajstić information content (AvgIpc) is 3.24. The smallest absolute Gasteiger partial charge is 0.256 e. The number of hydrogen-bond acceptors (Lipinski definition) is 3. The summed E-state index contributed by atoms with van der Waals surface area (Å²) in [7, 11) is 0. The fourth-order valence-electron chi connectivity index (χ4n) is 4.56. The Morgan fingerprint density at radius 2 is 1.75 bits per heavy atom. The molecule has 0 spiro atoms. The Bertz CT molecular complexity index is 1010. The van der Waals surface area contributed by atoms with Gasteiger partial charge in [0.25, 0.3) is 5.91 Å². The van der Waals surface area contributed by atoms with Crippen LogP contribution in [-0.2, 0) is 6.42 Å². The van der Waals surface area contributed by atoms with Crippen molar-refractivity contribution in [3.8, 4) is 5.75 Å². The summed E-state index contributed by atoms with van der Waals surface area (Å²) in [5.41, 5.74) is 3.20. The highest BCUT2D eigenvalue weighted by atomic mass is 32.1. The van der Waals surface area contributed by atoms with E-state index in [2.05, 4.69) is 42.6 Å². The molecule has 0 saturated carbocycles. The largest absolute Gasteiger partial charge is 0.494 e. The van der Waals surface area contributed by atoms with Crippen molar-refractivity contribution in [3.63, 3.8) is 0 Å². The molecule has 4 rings (SSSR count). The van der Waals surface area contributed by atoms with Gasteiger partial charge in [-0.15, -0.1) is 11.3 Å². The summed E-state index contributed by atoms with van der Waals surface area (Å²) in [5.74, 6) is 0.858. The van der Waals surface area contributed by atoms with E-state index in [-0.39, 0.29) is 11.9 Å². The molecule has 0 unspecified atom stereocenters. The molecule has 1 saturated heterocycles. The predicted molar refractivity (Wildman–Crippen MR) is 132 cm³/mol. The molecular formula is C27H33N2O2S+. The van der Waals surface area contributed by atoms with Gasteiger partial charge in [-0.2, -0.15) is 0 Å². The van der Waals surface area contributed by atoms with E-state index in [0.717, 1.165) is 30.3 Å². The van der Waals surface area contributed by atoms with Crippen LogP contribution in [0.1, 0.15) is 65.5 Å². The predicted octanol–water partition coefficient (Wildman–Crippen LogP) is 5.12. The molecule has 1 aromatic heterocycles. The quantitative estimate of drug-likeness (QED) is 0.501. The number of hydrogen-bond donors (Lipinski definition) is 2. The molecule has 2 aromatic carbocycles. The lowest BCUT2D eigenvalue weighted by Crippen LogP contribution is -3.13. The van der Waals surface area contributed by atoms with E-state index >= 15 is 0 Å². The van der Waals surface area contributed by atoms with Crippen molar-refractivity contribution >= 4 is 22.2 Å². The van der Waals surface area contributed by atoms with Gasteiger partial charge in [-0.3, -0.25) is 4.79 Å². The Morgan fingerprint density at radius 1 is 1.03 bits per heavy atom. The van der Waals surface area contributed by atoms with E-state index in [4.69, 9.17) is 4.74 Å². The molecule has 1 amide bonds. The van der Waals surface area contributed by atoms with Crippen LogP contribution in [0.2, 0.25) is 0 Å². The monoisotopic (exact) mass is 449 g/mol. The Kier molecular flexibility index (Phi) is 7.61. The number of piperidine rings is 1. The first-order valence-electron chi connectivity index (χ1n) is 11.8. The summed E-state index contributed by atoms with van der Waals surface area (Å²) in [4.78, 5) is 15.9. The van der Waals surface area contributed by atoms with Gasteiger partial charge in [-0.1, -0.05) is 25.1 Å². The number of anilines is 1. The highest BCUT2D eigenvalue weighted by Gasteiger charge is 2.31. The summed E-state index contributed by atoms with van der Waals surface area (Å²) in [5, 5.41) is 4.22. The molecule has 1 fully saturated rings. The van der Waals surface area contributed by atoms with Crippen LogP contribution in [0.3, 0.4) is 0 Å². The molecule has 168 valence electrons. The topological polar surface area (TPSA) is 42.8 Å². The second-order valence-corrected chi connectivity index (χ2v) is 9.46. The minimum atomic E-state index is -0.0459. The number of ether oxygens (including phenoxy) is 1. The van der Waals surface area contributed by atoms with Gasteiger partial charge in [0.2, 0.25) is 0 Å². The highest BCUT2D eigenvalue weighted by Crippen LogP contribution is 2.36. The Balaban J connectivity index is 1.71. The van der Waals surface area contributed by atoms with Crippen molar-refractivity contribution < 1.29 is 14.4 Å². The number of likely N-dealkylation sites (tertiary alicyclic amines) is 1. The minimum absolute atomic E-state index is 0.0459. The first kappa shape index (κ1) is 22.6. The fraction of sp³-hybridized carbons (Fsp3) is 0.370. The molecule has 0 bridgehead atoms. The normalized spacial score (nSPS) is 15.3. The molecule has 4 nitrogen and oxygen atoms in total. The number of aryl methyl sites for hydroxylation is 1. The van der Waals surface area contributed by atoms with Gasteiger partial charge in [-0.05, 0) is 75.1 Å². The first-order chi connectivity index (χ1) is 15.7. The molecular weight excluding hydrogens is 416 g/mol. The zero-order valence-corrected chi connectivity index (χ0v) is 19.8. The lowest BCUT2D eigenvalue weighted by molar-refractivity contribution is -0.930. The summed E-state index contributed by atoms with van der Waals surface area (Å²) in [6.45, 7) is 7.16. The summed E-state index contributed by atoms with van der Waals surface area (Å²) >= 11 is 1.71. The van der Waals surface area contributed by atoms with Crippen molar-refractivity contribution in [2.75, 3.05) is 25.0 Å². The van der Waals surface area contributed by atoms with Crippen LogP contribution in [0, 0.1) is 0 Å². The second-order valence-electron chi connectivity index (χ2n) is 8.32.